The topological polar surface area (TPSA) is 26.5 Å². The molecule has 2 aromatic rings. The minimum Gasteiger partial charge on any atom is -0.412 e. The Morgan fingerprint density at radius 3 is 2.68 bits per heavy atom. The number of thiazole rings is 1. The zero-order valence-corrected chi connectivity index (χ0v) is 15.1. The highest BCUT2D eigenvalue weighted by Gasteiger charge is 2.37. The number of fused-ring (bicyclic) bond motifs is 1. The highest BCUT2D eigenvalue weighted by Crippen LogP contribution is 2.37. The van der Waals surface area contributed by atoms with Gasteiger partial charge in [-0.05, 0) is 24.4 Å². The number of thioether (sulfide) groups is 1. The summed E-state index contributed by atoms with van der Waals surface area (Å²) in [6.07, 6.45) is 6.16. The summed E-state index contributed by atoms with van der Waals surface area (Å²) < 4.78 is 8.41. The number of hydrogen-bond donors (Lipinski definition) is 0. The maximum atomic E-state index is 6.25. The molecule has 0 unspecified atom stereocenters. The van der Waals surface area contributed by atoms with Crippen molar-refractivity contribution in [1.29, 1.82) is 0 Å². The van der Waals surface area contributed by atoms with Crippen LogP contribution >= 0.6 is 23.1 Å². The lowest BCUT2D eigenvalue weighted by atomic mass is 10.2. The molecule has 2 aromatic heterocycles. The molecule has 0 bridgehead atoms. The lowest BCUT2D eigenvalue weighted by molar-refractivity contribution is 0.279. The van der Waals surface area contributed by atoms with Gasteiger partial charge >= 0.3 is 0 Å². The number of nitrogens with zero attached hydrogens (tertiary/aromatic N) is 2. The number of rotatable bonds is 4. The Kier molecular flexibility index (Phi) is 4.16. The highest BCUT2D eigenvalue weighted by atomic mass is 32.2. The Bertz CT molecular complexity index is 569. The summed E-state index contributed by atoms with van der Waals surface area (Å²) in [5, 5.41) is 1.44. The van der Waals surface area contributed by atoms with Crippen molar-refractivity contribution in [3.63, 3.8) is 0 Å². The van der Waals surface area contributed by atoms with Gasteiger partial charge < -0.3 is 4.43 Å². The van der Waals surface area contributed by atoms with Crippen LogP contribution in [0.1, 0.15) is 25.6 Å². The molecular weight excluding hydrogens is 292 g/mol. The predicted octanol–water partition coefficient (Wildman–Crippen LogP) is 4.64. The number of hydrogen-bond acceptors (Lipinski definition) is 4. The third-order valence-electron chi connectivity index (χ3n) is 3.82. The van der Waals surface area contributed by atoms with E-state index in [1.54, 1.807) is 23.1 Å². The molecule has 106 valence electrons. The molecule has 3 nitrogen and oxygen atoms in total. The summed E-state index contributed by atoms with van der Waals surface area (Å²) >= 11 is 3.44. The molecule has 0 aliphatic heterocycles. The second-order valence-electron chi connectivity index (χ2n) is 6.20. The average Bonchev–Trinajstić information content (AvgIpc) is 2.83. The van der Waals surface area contributed by atoms with Crippen molar-refractivity contribution in [3.8, 4) is 0 Å². The molecule has 0 radical (unpaired) electrons. The van der Waals surface area contributed by atoms with Gasteiger partial charge in [-0.15, -0.1) is 11.8 Å². The van der Waals surface area contributed by atoms with Gasteiger partial charge in [0, 0.05) is 11.1 Å². The smallest absolute Gasteiger partial charge is 0.194 e. The van der Waals surface area contributed by atoms with Gasteiger partial charge in [0.2, 0.25) is 0 Å². The van der Waals surface area contributed by atoms with Crippen LogP contribution in [-0.4, -0.2) is 24.0 Å². The van der Waals surface area contributed by atoms with Crippen LogP contribution in [0, 0.1) is 0 Å². The Labute approximate surface area is 124 Å². The van der Waals surface area contributed by atoms with Gasteiger partial charge in [0.15, 0.2) is 13.3 Å². The second kappa shape index (κ2) is 5.24. The molecule has 0 saturated carbocycles. The van der Waals surface area contributed by atoms with E-state index in [0.29, 0.717) is 6.61 Å². The molecule has 0 saturated heterocycles. The lowest BCUT2D eigenvalue weighted by Crippen LogP contribution is -2.40. The fourth-order valence-corrected chi connectivity index (χ4v) is 3.97. The van der Waals surface area contributed by atoms with Gasteiger partial charge in [0.25, 0.3) is 0 Å². The SMILES string of the molecule is CSc1cnc2sc(CO[Si](C)(C)C(C)(C)C)cn12. The first-order chi connectivity index (χ1) is 8.74. The van der Waals surface area contributed by atoms with Crippen molar-refractivity contribution < 1.29 is 4.43 Å². The second-order valence-corrected chi connectivity index (χ2v) is 12.9. The Morgan fingerprint density at radius 1 is 1.42 bits per heavy atom. The van der Waals surface area contributed by atoms with Crippen molar-refractivity contribution in [3.05, 3.63) is 17.3 Å². The zero-order chi connectivity index (χ0) is 14.3. The van der Waals surface area contributed by atoms with Crippen LogP contribution in [0.4, 0.5) is 0 Å². The van der Waals surface area contributed by atoms with E-state index in [9.17, 15) is 0 Å². The van der Waals surface area contributed by atoms with Gasteiger partial charge in [-0.3, -0.25) is 4.40 Å². The Morgan fingerprint density at radius 2 is 2.11 bits per heavy atom. The van der Waals surface area contributed by atoms with Crippen LogP contribution in [0.3, 0.4) is 0 Å². The van der Waals surface area contributed by atoms with Crippen LogP contribution in [0.5, 0.6) is 0 Å². The van der Waals surface area contributed by atoms with Crippen LogP contribution in [0.2, 0.25) is 18.1 Å². The highest BCUT2D eigenvalue weighted by molar-refractivity contribution is 7.98. The first-order valence-corrected chi connectivity index (χ1v) is 11.3. The van der Waals surface area contributed by atoms with Gasteiger partial charge in [-0.25, -0.2) is 4.98 Å². The van der Waals surface area contributed by atoms with E-state index in [0.717, 1.165) is 4.96 Å². The minimum absolute atomic E-state index is 0.259. The molecule has 0 spiro atoms. The normalized spacial score (nSPS) is 13.4. The third kappa shape index (κ3) is 3.07. The first kappa shape index (κ1) is 15.1. The van der Waals surface area contributed by atoms with E-state index >= 15 is 0 Å². The van der Waals surface area contributed by atoms with E-state index in [4.69, 9.17) is 4.43 Å². The summed E-state index contributed by atoms with van der Waals surface area (Å²) in [4.78, 5) is 6.73. The van der Waals surface area contributed by atoms with Crippen LogP contribution in [0.15, 0.2) is 17.4 Å². The van der Waals surface area contributed by atoms with Gasteiger partial charge in [0.1, 0.15) is 0 Å². The van der Waals surface area contributed by atoms with Crippen molar-refractivity contribution in [2.24, 2.45) is 0 Å². The minimum atomic E-state index is -1.67. The summed E-state index contributed by atoms with van der Waals surface area (Å²) in [6, 6.07) is 0. The molecule has 0 fully saturated rings. The molecule has 0 aliphatic rings. The van der Waals surface area contributed by atoms with E-state index in [2.05, 4.69) is 55.7 Å². The van der Waals surface area contributed by atoms with Crippen LogP contribution in [-0.2, 0) is 11.0 Å². The summed E-state index contributed by atoms with van der Waals surface area (Å²) in [5.41, 5.74) is 0. The molecule has 0 atom stereocenters. The van der Waals surface area contributed by atoms with Gasteiger partial charge in [-0.1, -0.05) is 32.1 Å². The first-order valence-electron chi connectivity index (χ1n) is 6.38. The van der Waals surface area contributed by atoms with Crippen LogP contribution < -0.4 is 0 Å². The van der Waals surface area contributed by atoms with E-state index in [1.807, 2.05) is 6.20 Å². The molecule has 6 heteroatoms. The van der Waals surface area contributed by atoms with Crippen LogP contribution in [0.25, 0.3) is 4.96 Å². The van der Waals surface area contributed by atoms with Crippen molar-refractivity contribution in [2.45, 2.75) is 50.5 Å². The Hall–Kier alpha value is -0.303. The van der Waals surface area contributed by atoms with Crippen molar-refractivity contribution in [2.75, 3.05) is 6.26 Å². The standard InChI is InChI=1S/C13H22N2OS2Si/c1-13(2,3)19(5,6)16-9-10-8-15-11(17-4)7-14-12(15)18-10/h7-8H,9H2,1-6H3. The van der Waals surface area contributed by atoms with E-state index in [-0.39, 0.29) is 5.04 Å². The fraction of sp³-hybridized carbons (Fsp3) is 0.615. The van der Waals surface area contributed by atoms with Gasteiger partial charge in [0.05, 0.1) is 17.8 Å². The maximum Gasteiger partial charge on any atom is 0.194 e. The van der Waals surface area contributed by atoms with Gasteiger partial charge in [-0.2, -0.15) is 0 Å². The lowest BCUT2D eigenvalue weighted by Gasteiger charge is -2.35. The van der Waals surface area contributed by atoms with Crippen molar-refractivity contribution >= 4 is 36.4 Å². The molecule has 2 heterocycles. The maximum absolute atomic E-state index is 6.25. The quantitative estimate of drug-likeness (QED) is 0.607. The van der Waals surface area contributed by atoms with E-state index < -0.39 is 8.32 Å². The third-order valence-corrected chi connectivity index (χ3v) is 9.98. The predicted molar refractivity (Wildman–Crippen MR) is 86.8 cm³/mol. The molecular formula is C13H22N2OS2Si. The molecule has 19 heavy (non-hydrogen) atoms. The fourth-order valence-electron chi connectivity index (χ4n) is 1.50. The molecule has 0 aromatic carbocycles. The number of imidazole rings is 1. The monoisotopic (exact) mass is 314 g/mol. The summed E-state index contributed by atoms with van der Waals surface area (Å²) in [5.74, 6) is 0. The molecule has 2 rings (SSSR count). The summed E-state index contributed by atoms with van der Waals surface area (Å²) in [7, 11) is -1.67. The average molecular weight is 315 g/mol. The zero-order valence-electron chi connectivity index (χ0n) is 12.5. The van der Waals surface area contributed by atoms with E-state index in [1.165, 1.54) is 9.90 Å². The Balaban J connectivity index is 2.12. The number of aromatic nitrogens is 2. The van der Waals surface area contributed by atoms with Crippen molar-refractivity contribution in [1.82, 2.24) is 9.38 Å². The molecule has 0 amide bonds. The largest absolute Gasteiger partial charge is 0.412 e. The molecule has 0 N–H and O–H groups in total. The summed E-state index contributed by atoms with van der Waals surface area (Å²) in [6.45, 7) is 12.1. The molecule has 0 aliphatic carbocycles.